The Hall–Kier alpha value is -0.660. The van der Waals surface area contributed by atoms with Gasteiger partial charge in [0.25, 0.3) is 0 Å². The van der Waals surface area contributed by atoms with Gasteiger partial charge >= 0.3 is 0 Å². The standard InChI is InChI=1S/C18H33N3O3S/c1-15(2)13-20-9-5-17(6-10-20)14-18(19(3)16(17)22)7-11-21(12-8-18)25(4,23)24/h15H,5-14H2,1-4H3. The van der Waals surface area contributed by atoms with Gasteiger partial charge < -0.3 is 9.80 Å². The number of likely N-dealkylation sites (tertiary alicyclic amines) is 2. The SMILES string of the molecule is CC(C)CN1CCC2(CC1)CC1(CCN(S(C)(=O)=O)CC1)N(C)C2=O. The van der Waals surface area contributed by atoms with E-state index in [1.54, 1.807) is 4.31 Å². The number of carbonyl (C=O) groups is 1. The Labute approximate surface area is 152 Å². The van der Waals surface area contributed by atoms with Gasteiger partial charge in [-0.3, -0.25) is 4.79 Å². The predicted molar refractivity (Wildman–Crippen MR) is 98.7 cm³/mol. The minimum atomic E-state index is -3.13. The first-order valence-corrected chi connectivity index (χ1v) is 11.4. The van der Waals surface area contributed by atoms with Crippen LogP contribution in [0.5, 0.6) is 0 Å². The topological polar surface area (TPSA) is 60.9 Å². The molecule has 144 valence electrons. The van der Waals surface area contributed by atoms with Crippen molar-refractivity contribution in [3.63, 3.8) is 0 Å². The quantitative estimate of drug-likeness (QED) is 0.752. The molecule has 0 radical (unpaired) electrons. The third-order valence-corrected chi connectivity index (χ3v) is 8.00. The van der Waals surface area contributed by atoms with Crippen LogP contribution in [0.3, 0.4) is 0 Å². The second-order valence-corrected chi connectivity index (χ2v) is 10.9. The molecule has 0 atom stereocenters. The first-order chi connectivity index (χ1) is 11.6. The molecule has 3 aliphatic heterocycles. The normalized spacial score (nSPS) is 27.7. The van der Waals surface area contributed by atoms with Crippen LogP contribution in [-0.4, -0.2) is 80.0 Å². The third kappa shape index (κ3) is 3.47. The minimum Gasteiger partial charge on any atom is -0.339 e. The van der Waals surface area contributed by atoms with Gasteiger partial charge in [-0.2, -0.15) is 0 Å². The number of piperidine rings is 2. The second kappa shape index (κ2) is 6.50. The molecule has 3 fully saturated rings. The zero-order valence-corrected chi connectivity index (χ0v) is 16.9. The molecule has 0 saturated carbocycles. The molecule has 25 heavy (non-hydrogen) atoms. The Morgan fingerprint density at radius 1 is 1.04 bits per heavy atom. The molecule has 0 aromatic carbocycles. The summed E-state index contributed by atoms with van der Waals surface area (Å²) in [5.74, 6) is 0.951. The first kappa shape index (κ1) is 19.1. The lowest BCUT2D eigenvalue weighted by Gasteiger charge is -2.43. The van der Waals surface area contributed by atoms with E-state index in [0.29, 0.717) is 24.9 Å². The van der Waals surface area contributed by atoms with Crippen LogP contribution in [0, 0.1) is 11.3 Å². The van der Waals surface area contributed by atoms with Gasteiger partial charge in [-0.25, -0.2) is 12.7 Å². The van der Waals surface area contributed by atoms with Crippen LogP contribution in [0.2, 0.25) is 0 Å². The van der Waals surface area contributed by atoms with E-state index in [-0.39, 0.29) is 11.0 Å². The summed E-state index contributed by atoms with van der Waals surface area (Å²) in [6.45, 7) is 8.66. The van der Waals surface area contributed by atoms with Crippen molar-refractivity contribution >= 4 is 15.9 Å². The molecular formula is C18H33N3O3S. The van der Waals surface area contributed by atoms with Crippen LogP contribution in [0.1, 0.15) is 46.0 Å². The monoisotopic (exact) mass is 371 g/mol. The summed E-state index contributed by atoms with van der Waals surface area (Å²) in [6, 6.07) is 0. The maximum absolute atomic E-state index is 13.1. The van der Waals surface area contributed by atoms with Crippen LogP contribution in [0.15, 0.2) is 0 Å². The molecule has 0 aromatic heterocycles. The predicted octanol–water partition coefficient (Wildman–Crippen LogP) is 1.38. The molecule has 1 amide bonds. The summed E-state index contributed by atoms with van der Waals surface area (Å²) in [4.78, 5) is 17.6. The highest BCUT2D eigenvalue weighted by Crippen LogP contribution is 2.52. The van der Waals surface area contributed by atoms with E-state index in [9.17, 15) is 13.2 Å². The lowest BCUT2D eigenvalue weighted by atomic mass is 9.71. The molecule has 3 saturated heterocycles. The van der Waals surface area contributed by atoms with E-state index >= 15 is 0 Å². The largest absolute Gasteiger partial charge is 0.339 e. The Bertz CT molecular complexity index is 615. The molecule has 0 bridgehead atoms. The number of amides is 1. The average molecular weight is 372 g/mol. The Balaban J connectivity index is 1.69. The van der Waals surface area contributed by atoms with Crippen LogP contribution >= 0.6 is 0 Å². The Kier molecular flexibility index (Phi) is 4.97. The fraction of sp³-hybridized carbons (Fsp3) is 0.944. The van der Waals surface area contributed by atoms with Crippen molar-refractivity contribution in [1.82, 2.24) is 14.1 Å². The van der Waals surface area contributed by atoms with Crippen LogP contribution in [-0.2, 0) is 14.8 Å². The molecule has 0 unspecified atom stereocenters. The maximum Gasteiger partial charge on any atom is 0.229 e. The highest BCUT2D eigenvalue weighted by atomic mass is 32.2. The van der Waals surface area contributed by atoms with Crippen LogP contribution in [0.4, 0.5) is 0 Å². The molecule has 6 nitrogen and oxygen atoms in total. The molecule has 3 heterocycles. The van der Waals surface area contributed by atoms with Gasteiger partial charge in [-0.1, -0.05) is 13.8 Å². The van der Waals surface area contributed by atoms with Crippen molar-refractivity contribution in [1.29, 1.82) is 0 Å². The number of rotatable bonds is 3. The lowest BCUT2D eigenvalue weighted by Crippen LogP contribution is -2.52. The summed E-state index contributed by atoms with van der Waals surface area (Å²) in [5.41, 5.74) is -0.353. The lowest BCUT2D eigenvalue weighted by molar-refractivity contribution is -0.139. The Morgan fingerprint density at radius 2 is 1.60 bits per heavy atom. The minimum absolute atomic E-state index is 0.140. The first-order valence-electron chi connectivity index (χ1n) is 9.54. The van der Waals surface area contributed by atoms with Crippen molar-refractivity contribution in [2.45, 2.75) is 51.5 Å². The molecule has 2 spiro atoms. The summed E-state index contributed by atoms with van der Waals surface area (Å²) >= 11 is 0. The number of nitrogens with zero attached hydrogens (tertiary/aromatic N) is 3. The van der Waals surface area contributed by atoms with Crippen LogP contribution < -0.4 is 0 Å². The number of hydrogen-bond donors (Lipinski definition) is 0. The van der Waals surface area contributed by atoms with Gasteiger partial charge in [0.05, 0.1) is 11.7 Å². The smallest absolute Gasteiger partial charge is 0.229 e. The van der Waals surface area contributed by atoms with E-state index in [1.165, 1.54) is 6.26 Å². The van der Waals surface area contributed by atoms with E-state index in [1.807, 2.05) is 11.9 Å². The Morgan fingerprint density at radius 3 is 2.08 bits per heavy atom. The number of hydrogen-bond acceptors (Lipinski definition) is 4. The van der Waals surface area contributed by atoms with Crippen molar-refractivity contribution in [2.75, 3.05) is 46.0 Å². The number of sulfonamides is 1. The van der Waals surface area contributed by atoms with Crippen molar-refractivity contribution in [3.05, 3.63) is 0 Å². The molecule has 0 N–H and O–H groups in total. The molecule has 3 rings (SSSR count). The van der Waals surface area contributed by atoms with Crippen molar-refractivity contribution in [2.24, 2.45) is 11.3 Å². The van der Waals surface area contributed by atoms with Crippen molar-refractivity contribution in [3.8, 4) is 0 Å². The molecular weight excluding hydrogens is 338 g/mol. The zero-order valence-electron chi connectivity index (χ0n) is 16.1. The molecule has 7 heteroatoms. The summed E-state index contributed by atoms with van der Waals surface area (Å²) < 4.78 is 25.2. The van der Waals surface area contributed by atoms with E-state index < -0.39 is 10.0 Å². The highest BCUT2D eigenvalue weighted by molar-refractivity contribution is 7.88. The van der Waals surface area contributed by atoms with E-state index in [4.69, 9.17) is 0 Å². The molecule has 0 aromatic rings. The summed E-state index contributed by atoms with van der Waals surface area (Å²) in [5, 5.41) is 0. The average Bonchev–Trinajstić information content (AvgIpc) is 2.72. The van der Waals surface area contributed by atoms with Gasteiger partial charge in [-0.05, 0) is 51.1 Å². The number of carbonyl (C=O) groups excluding carboxylic acids is 1. The van der Waals surface area contributed by atoms with Crippen molar-refractivity contribution < 1.29 is 13.2 Å². The summed E-state index contributed by atoms with van der Waals surface area (Å²) in [7, 11) is -1.19. The van der Waals surface area contributed by atoms with Gasteiger partial charge in [0.1, 0.15) is 0 Å². The van der Waals surface area contributed by atoms with Gasteiger partial charge in [0, 0.05) is 32.2 Å². The summed E-state index contributed by atoms with van der Waals surface area (Å²) in [6.07, 6.45) is 5.60. The molecule has 0 aliphatic carbocycles. The fourth-order valence-corrected chi connectivity index (χ4v) is 6.06. The van der Waals surface area contributed by atoms with Gasteiger partial charge in [0.2, 0.25) is 15.9 Å². The van der Waals surface area contributed by atoms with E-state index in [2.05, 4.69) is 18.7 Å². The highest BCUT2D eigenvalue weighted by Gasteiger charge is 2.58. The third-order valence-electron chi connectivity index (χ3n) is 6.70. The van der Waals surface area contributed by atoms with Gasteiger partial charge in [-0.15, -0.1) is 0 Å². The zero-order chi connectivity index (χ0) is 18.5. The van der Waals surface area contributed by atoms with Crippen LogP contribution in [0.25, 0.3) is 0 Å². The van der Waals surface area contributed by atoms with Gasteiger partial charge in [0.15, 0.2) is 0 Å². The molecule has 3 aliphatic rings. The second-order valence-electron chi connectivity index (χ2n) is 8.90. The fourth-order valence-electron chi connectivity index (χ4n) is 5.21. The maximum atomic E-state index is 13.1. The van der Waals surface area contributed by atoms with E-state index in [0.717, 1.165) is 51.7 Å².